The summed E-state index contributed by atoms with van der Waals surface area (Å²) >= 11 is 0. The van der Waals surface area contributed by atoms with E-state index in [0.29, 0.717) is 0 Å². The SMILES string of the molecule is CCc1cc2ccccc2cc1-c1c(OC)ccc2ccccc12. The van der Waals surface area contributed by atoms with E-state index in [2.05, 4.69) is 79.7 Å². The van der Waals surface area contributed by atoms with Crippen LogP contribution in [0.15, 0.2) is 72.8 Å². The first kappa shape index (κ1) is 14.8. The fraction of sp³-hybridized carbons (Fsp3) is 0.130. The van der Waals surface area contributed by atoms with Crippen LogP contribution in [0.3, 0.4) is 0 Å². The molecule has 0 aromatic heterocycles. The van der Waals surface area contributed by atoms with Gasteiger partial charge < -0.3 is 4.74 Å². The number of methoxy groups -OCH3 is 1. The third-order valence-electron chi connectivity index (χ3n) is 4.73. The number of hydrogen-bond donors (Lipinski definition) is 0. The minimum absolute atomic E-state index is 0.929. The minimum atomic E-state index is 0.929. The van der Waals surface area contributed by atoms with E-state index in [4.69, 9.17) is 4.74 Å². The molecule has 24 heavy (non-hydrogen) atoms. The molecule has 0 aliphatic carbocycles. The van der Waals surface area contributed by atoms with Crippen LogP contribution in [0.5, 0.6) is 5.75 Å². The number of fused-ring (bicyclic) bond motifs is 2. The predicted molar refractivity (Wildman–Crippen MR) is 103 cm³/mol. The van der Waals surface area contributed by atoms with Gasteiger partial charge in [0, 0.05) is 5.56 Å². The van der Waals surface area contributed by atoms with Crippen molar-refractivity contribution in [2.45, 2.75) is 13.3 Å². The van der Waals surface area contributed by atoms with Crippen LogP contribution in [0, 0.1) is 0 Å². The molecular formula is C23H20O. The molecule has 0 heterocycles. The Labute approximate surface area is 142 Å². The monoisotopic (exact) mass is 312 g/mol. The number of benzene rings is 4. The Kier molecular flexibility index (Phi) is 3.70. The molecule has 0 bridgehead atoms. The van der Waals surface area contributed by atoms with Crippen molar-refractivity contribution in [1.82, 2.24) is 0 Å². The normalized spacial score (nSPS) is 11.1. The standard InChI is InChI=1S/C23H20O/c1-3-16-14-18-9-4-5-10-19(18)15-21(16)23-20-11-7-6-8-17(20)12-13-22(23)24-2/h4-15H,3H2,1-2H3. The van der Waals surface area contributed by atoms with Gasteiger partial charge in [-0.25, -0.2) is 0 Å². The molecule has 0 atom stereocenters. The van der Waals surface area contributed by atoms with Crippen molar-refractivity contribution in [3.05, 3.63) is 78.4 Å². The van der Waals surface area contributed by atoms with Gasteiger partial charge in [0.25, 0.3) is 0 Å². The molecule has 0 radical (unpaired) electrons. The van der Waals surface area contributed by atoms with E-state index in [1.165, 1.54) is 38.2 Å². The second-order valence-corrected chi connectivity index (χ2v) is 6.07. The molecule has 0 fully saturated rings. The van der Waals surface area contributed by atoms with Crippen LogP contribution in [-0.4, -0.2) is 7.11 Å². The van der Waals surface area contributed by atoms with Crippen molar-refractivity contribution in [2.24, 2.45) is 0 Å². The van der Waals surface area contributed by atoms with Gasteiger partial charge >= 0.3 is 0 Å². The summed E-state index contributed by atoms with van der Waals surface area (Å²) in [4.78, 5) is 0. The lowest BCUT2D eigenvalue weighted by molar-refractivity contribution is 0.417. The third-order valence-corrected chi connectivity index (χ3v) is 4.73. The predicted octanol–water partition coefficient (Wildman–Crippen LogP) is 6.23. The molecule has 0 unspecified atom stereocenters. The largest absolute Gasteiger partial charge is 0.496 e. The molecule has 0 saturated heterocycles. The van der Waals surface area contributed by atoms with Gasteiger partial charge in [0.05, 0.1) is 7.11 Å². The van der Waals surface area contributed by atoms with Crippen LogP contribution < -0.4 is 4.74 Å². The molecule has 4 aromatic rings. The Bertz CT molecular complexity index is 1030. The first-order valence-electron chi connectivity index (χ1n) is 8.39. The van der Waals surface area contributed by atoms with Crippen LogP contribution in [0.2, 0.25) is 0 Å². The summed E-state index contributed by atoms with van der Waals surface area (Å²) in [6.45, 7) is 2.21. The van der Waals surface area contributed by atoms with E-state index >= 15 is 0 Å². The quantitative estimate of drug-likeness (QED) is 0.435. The maximum atomic E-state index is 5.72. The maximum absolute atomic E-state index is 5.72. The molecule has 1 heteroatoms. The fourth-order valence-corrected chi connectivity index (χ4v) is 3.51. The van der Waals surface area contributed by atoms with Gasteiger partial charge in [0.1, 0.15) is 5.75 Å². The zero-order valence-corrected chi connectivity index (χ0v) is 14.0. The zero-order chi connectivity index (χ0) is 16.5. The van der Waals surface area contributed by atoms with E-state index < -0.39 is 0 Å². The number of ether oxygens (including phenoxy) is 1. The van der Waals surface area contributed by atoms with Crippen LogP contribution in [-0.2, 0) is 6.42 Å². The van der Waals surface area contributed by atoms with E-state index in [1.807, 2.05) is 0 Å². The summed E-state index contributed by atoms with van der Waals surface area (Å²) in [7, 11) is 1.75. The minimum Gasteiger partial charge on any atom is -0.496 e. The summed E-state index contributed by atoms with van der Waals surface area (Å²) in [6, 6.07) is 25.9. The second-order valence-electron chi connectivity index (χ2n) is 6.07. The van der Waals surface area contributed by atoms with Crippen molar-refractivity contribution in [2.75, 3.05) is 7.11 Å². The topological polar surface area (TPSA) is 9.23 Å². The summed E-state index contributed by atoms with van der Waals surface area (Å²) in [5.74, 6) is 0.929. The van der Waals surface area contributed by atoms with E-state index in [1.54, 1.807) is 7.11 Å². The lowest BCUT2D eigenvalue weighted by Crippen LogP contribution is -1.94. The highest BCUT2D eigenvalue weighted by atomic mass is 16.5. The summed E-state index contributed by atoms with van der Waals surface area (Å²) < 4.78 is 5.72. The van der Waals surface area contributed by atoms with Gasteiger partial charge in [0.15, 0.2) is 0 Å². The van der Waals surface area contributed by atoms with Crippen molar-refractivity contribution in [3.63, 3.8) is 0 Å². The van der Waals surface area contributed by atoms with Crippen molar-refractivity contribution in [1.29, 1.82) is 0 Å². The molecule has 4 rings (SSSR count). The van der Waals surface area contributed by atoms with E-state index in [9.17, 15) is 0 Å². The average molecular weight is 312 g/mol. The summed E-state index contributed by atoms with van der Waals surface area (Å²) in [5.41, 5.74) is 3.81. The van der Waals surface area contributed by atoms with Gasteiger partial charge in [-0.15, -0.1) is 0 Å². The Balaban J connectivity index is 2.12. The summed E-state index contributed by atoms with van der Waals surface area (Å²) in [5, 5.41) is 5.03. The fourth-order valence-electron chi connectivity index (χ4n) is 3.51. The number of hydrogen-bond acceptors (Lipinski definition) is 1. The first-order chi connectivity index (χ1) is 11.8. The lowest BCUT2D eigenvalue weighted by atomic mass is 9.90. The lowest BCUT2D eigenvalue weighted by Gasteiger charge is -2.16. The molecule has 0 N–H and O–H groups in total. The molecule has 118 valence electrons. The molecule has 0 spiro atoms. The van der Waals surface area contributed by atoms with E-state index in [-0.39, 0.29) is 0 Å². The molecule has 1 nitrogen and oxygen atoms in total. The van der Waals surface area contributed by atoms with Gasteiger partial charge in [0.2, 0.25) is 0 Å². The molecular weight excluding hydrogens is 292 g/mol. The van der Waals surface area contributed by atoms with Crippen LogP contribution >= 0.6 is 0 Å². The molecule has 0 aliphatic rings. The Morgan fingerprint density at radius 3 is 2.12 bits per heavy atom. The summed E-state index contributed by atoms with van der Waals surface area (Å²) in [6.07, 6.45) is 0.993. The highest BCUT2D eigenvalue weighted by molar-refractivity contribution is 6.02. The first-order valence-corrected chi connectivity index (χ1v) is 8.39. The Hall–Kier alpha value is -2.80. The van der Waals surface area contributed by atoms with Crippen molar-refractivity contribution >= 4 is 21.5 Å². The van der Waals surface area contributed by atoms with Crippen LogP contribution in [0.1, 0.15) is 12.5 Å². The van der Waals surface area contributed by atoms with Crippen molar-refractivity contribution in [3.8, 4) is 16.9 Å². The van der Waals surface area contributed by atoms with Crippen LogP contribution in [0.4, 0.5) is 0 Å². The highest BCUT2D eigenvalue weighted by Gasteiger charge is 2.14. The van der Waals surface area contributed by atoms with Crippen LogP contribution in [0.25, 0.3) is 32.7 Å². The molecule has 0 aliphatic heterocycles. The maximum Gasteiger partial charge on any atom is 0.127 e. The molecule has 4 aromatic carbocycles. The van der Waals surface area contributed by atoms with E-state index in [0.717, 1.165) is 12.2 Å². The van der Waals surface area contributed by atoms with Gasteiger partial charge in [-0.1, -0.05) is 67.6 Å². The number of rotatable bonds is 3. The van der Waals surface area contributed by atoms with Gasteiger partial charge in [-0.2, -0.15) is 0 Å². The van der Waals surface area contributed by atoms with Gasteiger partial charge in [-0.3, -0.25) is 0 Å². The number of aryl methyl sites for hydroxylation is 1. The van der Waals surface area contributed by atoms with Gasteiger partial charge in [-0.05, 0) is 51.2 Å². The molecule has 0 amide bonds. The average Bonchev–Trinajstić information content (AvgIpc) is 2.66. The molecule has 0 saturated carbocycles. The van der Waals surface area contributed by atoms with Crippen molar-refractivity contribution < 1.29 is 4.74 Å². The Morgan fingerprint density at radius 2 is 1.42 bits per heavy atom. The second kappa shape index (κ2) is 6.01. The Morgan fingerprint density at radius 1 is 0.750 bits per heavy atom. The third kappa shape index (κ3) is 2.33. The smallest absolute Gasteiger partial charge is 0.127 e. The zero-order valence-electron chi connectivity index (χ0n) is 14.0. The highest BCUT2D eigenvalue weighted by Crippen LogP contribution is 2.40.